The Kier molecular flexibility index (Phi) is 3.88. The third-order valence-electron chi connectivity index (χ3n) is 4.32. The number of benzene rings is 2. The monoisotopic (exact) mass is 342 g/mol. The molecule has 1 aromatic heterocycles. The van der Waals surface area contributed by atoms with Gasteiger partial charge in [-0.1, -0.05) is 29.3 Å². The summed E-state index contributed by atoms with van der Waals surface area (Å²) in [5.41, 5.74) is 5.60. The lowest BCUT2D eigenvalue weighted by molar-refractivity contribution is 0.672. The number of aryl methyl sites for hydroxylation is 1. The maximum absolute atomic E-state index is 6.23. The van der Waals surface area contributed by atoms with Gasteiger partial charge in [-0.3, -0.25) is 4.98 Å². The quantitative estimate of drug-likeness (QED) is 0.602. The van der Waals surface area contributed by atoms with E-state index in [-0.39, 0.29) is 0 Å². The molecule has 2 aromatic carbocycles. The SMILES string of the molecule is Clc1cccc(Nc2c3c(nc4ccc(Cl)cc24)CCCC3)c1. The van der Waals surface area contributed by atoms with Gasteiger partial charge in [0.05, 0.1) is 11.2 Å². The van der Waals surface area contributed by atoms with E-state index in [1.165, 1.54) is 24.1 Å². The van der Waals surface area contributed by atoms with Crippen molar-refractivity contribution in [2.45, 2.75) is 25.7 Å². The van der Waals surface area contributed by atoms with E-state index in [0.29, 0.717) is 0 Å². The van der Waals surface area contributed by atoms with E-state index >= 15 is 0 Å². The van der Waals surface area contributed by atoms with E-state index in [1.807, 2.05) is 42.5 Å². The fraction of sp³-hybridized carbons (Fsp3) is 0.211. The number of nitrogens with zero attached hydrogens (tertiary/aromatic N) is 1. The van der Waals surface area contributed by atoms with Crippen molar-refractivity contribution < 1.29 is 0 Å². The Bertz CT molecular complexity index is 890. The number of rotatable bonds is 2. The van der Waals surface area contributed by atoms with Gasteiger partial charge in [0, 0.05) is 26.8 Å². The van der Waals surface area contributed by atoms with Crippen molar-refractivity contribution >= 4 is 45.5 Å². The van der Waals surface area contributed by atoms with E-state index in [0.717, 1.165) is 45.2 Å². The van der Waals surface area contributed by atoms with E-state index in [4.69, 9.17) is 28.2 Å². The second kappa shape index (κ2) is 6.03. The molecular formula is C19H16Cl2N2. The highest BCUT2D eigenvalue weighted by Crippen LogP contribution is 2.36. The van der Waals surface area contributed by atoms with Crippen molar-refractivity contribution in [1.82, 2.24) is 4.98 Å². The maximum atomic E-state index is 6.23. The van der Waals surface area contributed by atoms with Crippen molar-refractivity contribution in [2.75, 3.05) is 5.32 Å². The number of fused-ring (bicyclic) bond motifs is 2. The average molecular weight is 343 g/mol. The molecule has 23 heavy (non-hydrogen) atoms. The van der Waals surface area contributed by atoms with Gasteiger partial charge in [-0.05, 0) is 67.6 Å². The summed E-state index contributed by atoms with van der Waals surface area (Å²) in [6, 6.07) is 13.7. The number of hydrogen-bond donors (Lipinski definition) is 1. The molecule has 1 N–H and O–H groups in total. The van der Waals surface area contributed by atoms with E-state index in [2.05, 4.69) is 5.32 Å². The summed E-state index contributed by atoms with van der Waals surface area (Å²) in [4.78, 5) is 4.85. The lowest BCUT2D eigenvalue weighted by atomic mass is 9.92. The largest absolute Gasteiger partial charge is 0.355 e. The summed E-state index contributed by atoms with van der Waals surface area (Å²) < 4.78 is 0. The van der Waals surface area contributed by atoms with Crippen molar-refractivity contribution in [3.8, 4) is 0 Å². The standard InChI is InChI=1S/C19H16Cl2N2/c20-12-4-3-5-14(10-12)22-19-15-6-1-2-7-17(15)23-18-9-8-13(21)11-16(18)19/h3-5,8-11H,1-2,6-7H2,(H,22,23). The van der Waals surface area contributed by atoms with Crippen molar-refractivity contribution in [1.29, 1.82) is 0 Å². The Hall–Kier alpha value is -1.77. The predicted octanol–water partition coefficient (Wildman–Crippen LogP) is 6.16. The highest BCUT2D eigenvalue weighted by molar-refractivity contribution is 6.31. The number of nitrogens with one attached hydrogen (secondary N) is 1. The van der Waals surface area contributed by atoms with E-state index in [1.54, 1.807) is 0 Å². The molecule has 0 fully saturated rings. The normalized spacial score (nSPS) is 13.8. The summed E-state index contributed by atoms with van der Waals surface area (Å²) in [7, 11) is 0. The van der Waals surface area contributed by atoms with Crippen LogP contribution in [0.1, 0.15) is 24.1 Å². The Morgan fingerprint density at radius 3 is 2.61 bits per heavy atom. The Balaban J connectivity index is 1.93. The summed E-state index contributed by atoms with van der Waals surface area (Å²) >= 11 is 12.3. The molecule has 4 heteroatoms. The molecule has 4 rings (SSSR count). The van der Waals surface area contributed by atoms with Gasteiger partial charge in [0.25, 0.3) is 0 Å². The highest BCUT2D eigenvalue weighted by atomic mass is 35.5. The smallest absolute Gasteiger partial charge is 0.0727 e. The van der Waals surface area contributed by atoms with Crippen LogP contribution in [0.2, 0.25) is 10.0 Å². The molecule has 0 unspecified atom stereocenters. The molecule has 116 valence electrons. The van der Waals surface area contributed by atoms with Gasteiger partial charge in [0.2, 0.25) is 0 Å². The zero-order valence-corrected chi connectivity index (χ0v) is 14.1. The molecule has 0 atom stereocenters. The lowest BCUT2D eigenvalue weighted by Gasteiger charge is -2.22. The Morgan fingerprint density at radius 1 is 0.913 bits per heavy atom. The maximum Gasteiger partial charge on any atom is 0.0727 e. The van der Waals surface area contributed by atoms with Gasteiger partial charge in [0.1, 0.15) is 0 Å². The first-order valence-corrected chi connectivity index (χ1v) is 8.60. The van der Waals surface area contributed by atoms with Crippen LogP contribution in [0.15, 0.2) is 42.5 Å². The molecule has 0 amide bonds. The molecule has 1 heterocycles. The van der Waals surface area contributed by atoms with Crippen LogP contribution in [0.5, 0.6) is 0 Å². The zero-order valence-electron chi connectivity index (χ0n) is 12.6. The Morgan fingerprint density at radius 2 is 1.74 bits per heavy atom. The van der Waals surface area contributed by atoms with Crippen LogP contribution in [0.4, 0.5) is 11.4 Å². The molecular weight excluding hydrogens is 327 g/mol. The number of anilines is 2. The molecule has 2 nitrogen and oxygen atoms in total. The second-order valence-corrected chi connectivity index (χ2v) is 6.79. The van der Waals surface area contributed by atoms with Crippen LogP contribution in [0.25, 0.3) is 10.9 Å². The highest BCUT2D eigenvalue weighted by Gasteiger charge is 2.18. The van der Waals surface area contributed by atoms with Gasteiger partial charge in [-0.2, -0.15) is 0 Å². The molecule has 0 spiro atoms. The van der Waals surface area contributed by atoms with Crippen LogP contribution < -0.4 is 5.32 Å². The second-order valence-electron chi connectivity index (χ2n) is 5.92. The van der Waals surface area contributed by atoms with Gasteiger partial charge >= 0.3 is 0 Å². The minimum Gasteiger partial charge on any atom is -0.355 e. The fourth-order valence-electron chi connectivity index (χ4n) is 3.25. The van der Waals surface area contributed by atoms with Crippen LogP contribution in [-0.2, 0) is 12.8 Å². The average Bonchev–Trinajstić information content (AvgIpc) is 2.55. The summed E-state index contributed by atoms with van der Waals surface area (Å²) in [5.74, 6) is 0. The third-order valence-corrected chi connectivity index (χ3v) is 4.79. The molecule has 1 aliphatic carbocycles. The molecule has 0 saturated carbocycles. The van der Waals surface area contributed by atoms with Crippen molar-refractivity contribution in [3.05, 3.63) is 63.8 Å². The van der Waals surface area contributed by atoms with Gasteiger partial charge < -0.3 is 5.32 Å². The molecule has 0 bridgehead atoms. The van der Waals surface area contributed by atoms with Gasteiger partial charge in [-0.25, -0.2) is 0 Å². The minimum absolute atomic E-state index is 0.722. The molecule has 3 aromatic rings. The van der Waals surface area contributed by atoms with E-state index < -0.39 is 0 Å². The number of pyridine rings is 1. The lowest BCUT2D eigenvalue weighted by Crippen LogP contribution is -2.09. The molecule has 0 saturated heterocycles. The number of hydrogen-bond acceptors (Lipinski definition) is 2. The third kappa shape index (κ3) is 2.89. The molecule has 1 aliphatic rings. The first-order chi connectivity index (χ1) is 11.2. The summed E-state index contributed by atoms with van der Waals surface area (Å²) in [6.07, 6.45) is 4.49. The number of halogens is 2. The Labute approximate surface area is 145 Å². The van der Waals surface area contributed by atoms with Gasteiger partial charge in [0.15, 0.2) is 0 Å². The van der Waals surface area contributed by atoms with Crippen LogP contribution in [0, 0.1) is 0 Å². The first kappa shape index (κ1) is 14.8. The van der Waals surface area contributed by atoms with Crippen molar-refractivity contribution in [2.24, 2.45) is 0 Å². The van der Waals surface area contributed by atoms with E-state index in [9.17, 15) is 0 Å². The van der Waals surface area contributed by atoms with Gasteiger partial charge in [-0.15, -0.1) is 0 Å². The first-order valence-electron chi connectivity index (χ1n) is 7.84. The minimum atomic E-state index is 0.722. The number of aromatic nitrogens is 1. The van der Waals surface area contributed by atoms with Crippen LogP contribution >= 0.6 is 23.2 Å². The topological polar surface area (TPSA) is 24.9 Å². The zero-order chi connectivity index (χ0) is 15.8. The predicted molar refractivity (Wildman–Crippen MR) is 98.1 cm³/mol. The summed E-state index contributed by atoms with van der Waals surface area (Å²) in [6.45, 7) is 0. The fourth-order valence-corrected chi connectivity index (χ4v) is 3.61. The van der Waals surface area contributed by atoms with Crippen LogP contribution in [0.3, 0.4) is 0 Å². The van der Waals surface area contributed by atoms with Crippen LogP contribution in [-0.4, -0.2) is 4.98 Å². The van der Waals surface area contributed by atoms with Crippen molar-refractivity contribution in [3.63, 3.8) is 0 Å². The summed E-state index contributed by atoms with van der Waals surface area (Å²) in [5, 5.41) is 6.08. The molecule has 0 aliphatic heterocycles. The molecule has 0 radical (unpaired) electrons.